The first-order valence-electron chi connectivity index (χ1n) is 8.32. The van der Waals surface area contributed by atoms with Gasteiger partial charge in [0, 0.05) is 19.2 Å². The Bertz CT molecular complexity index is 355. The van der Waals surface area contributed by atoms with Crippen LogP contribution in [0.3, 0.4) is 0 Å². The quantitative estimate of drug-likeness (QED) is 0.790. The van der Waals surface area contributed by atoms with Gasteiger partial charge in [-0.3, -0.25) is 4.90 Å². The van der Waals surface area contributed by atoms with Crippen LogP contribution in [0.1, 0.15) is 57.8 Å². The molecule has 3 heterocycles. The Morgan fingerprint density at radius 3 is 2.68 bits per heavy atom. The van der Waals surface area contributed by atoms with Crippen LogP contribution in [-0.4, -0.2) is 46.9 Å². The molecule has 3 nitrogen and oxygen atoms in total. The number of fused-ring (bicyclic) bond motifs is 1. The van der Waals surface area contributed by atoms with Crippen molar-refractivity contribution in [2.24, 2.45) is 5.92 Å². The molecule has 0 bridgehead atoms. The summed E-state index contributed by atoms with van der Waals surface area (Å²) >= 11 is 0. The molecule has 3 heteroatoms. The smallest absolute Gasteiger partial charge is 0.0844 e. The van der Waals surface area contributed by atoms with Gasteiger partial charge >= 0.3 is 0 Å². The highest BCUT2D eigenvalue weighted by Crippen LogP contribution is 2.50. The summed E-state index contributed by atoms with van der Waals surface area (Å²) in [5, 5.41) is 11.4. The monoisotopic (exact) mass is 265 g/mol. The SMILES string of the molecule is OC1(C2CCOC3(CCC3)C2)CCN2CCCCC21. The summed E-state index contributed by atoms with van der Waals surface area (Å²) in [5.74, 6) is 0.481. The number of hydrogen-bond donors (Lipinski definition) is 1. The molecule has 1 aliphatic carbocycles. The maximum absolute atomic E-state index is 11.4. The molecule has 4 fully saturated rings. The minimum Gasteiger partial charge on any atom is -0.388 e. The second-order valence-electron chi connectivity index (χ2n) is 7.36. The molecule has 0 amide bonds. The van der Waals surface area contributed by atoms with Gasteiger partial charge < -0.3 is 9.84 Å². The van der Waals surface area contributed by atoms with E-state index in [4.69, 9.17) is 4.74 Å². The minimum absolute atomic E-state index is 0.167. The van der Waals surface area contributed by atoms with Gasteiger partial charge in [0.25, 0.3) is 0 Å². The molecule has 3 saturated heterocycles. The predicted molar refractivity (Wildman–Crippen MR) is 74.0 cm³/mol. The molecule has 0 aromatic rings. The zero-order chi connectivity index (χ0) is 12.9. The van der Waals surface area contributed by atoms with E-state index in [9.17, 15) is 5.11 Å². The van der Waals surface area contributed by atoms with Crippen LogP contribution in [0, 0.1) is 5.92 Å². The summed E-state index contributed by atoms with van der Waals surface area (Å²) in [7, 11) is 0. The van der Waals surface area contributed by atoms with E-state index in [1.54, 1.807) is 0 Å². The van der Waals surface area contributed by atoms with Crippen LogP contribution in [0.4, 0.5) is 0 Å². The van der Waals surface area contributed by atoms with Crippen molar-refractivity contribution >= 4 is 0 Å². The maximum atomic E-state index is 11.4. The van der Waals surface area contributed by atoms with Crippen LogP contribution < -0.4 is 0 Å². The molecule has 3 aliphatic heterocycles. The number of rotatable bonds is 1. The van der Waals surface area contributed by atoms with Gasteiger partial charge in [-0.1, -0.05) is 6.42 Å². The number of hydrogen-bond acceptors (Lipinski definition) is 3. The van der Waals surface area contributed by atoms with Gasteiger partial charge in [0.2, 0.25) is 0 Å². The van der Waals surface area contributed by atoms with Crippen molar-refractivity contribution in [3.05, 3.63) is 0 Å². The molecule has 0 aromatic heterocycles. The third-order valence-electron chi connectivity index (χ3n) is 6.45. The van der Waals surface area contributed by atoms with Crippen molar-refractivity contribution < 1.29 is 9.84 Å². The van der Waals surface area contributed by atoms with Gasteiger partial charge in [0.15, 0.2) is 0 Å². The molecule has 3 unspecified atom stereocenters. The Kier molecular flexibility index (Phi) is 2.95. The zero-order valence-corrected chi connectivity index (χ0v) is 11.9. The van der Waals surface area contributed by atoms with Crippen LogP contribution >= 0.6 is 0 Å². The second-order valence-corrected chi connectivity index (χ2v) is 7.36. The molecule has 1 N–H and O–H groups in total. The summed E-state index contributed by atoms with van der Waals surface area (Å²) < 4.78 is 6.05. The first kappa shape index (κ1) is 12.6. The number of ether oxygens (including phenoxy) is 1. The predicted octanol–water partition coefficient (Wildman–Crippen LogP) is 2.33. The van der Waals surface area contributed by atoms with E-state index in [2.05, 4.69) is 4.90 Å². The van der Waals surface area contributed by atoms with Gasteiger partial charge in [-0.25, -0.2) is 0 Å². The fourth-order valence-electron chi connectivity index (χ4n) is 5.16. The molecule has 4 aliphatic rings. The molecule has 19 heavy (non-hydrogen) atoms. The van der Waals surface area contributed by atoms with E-state index in [0.717, 1.165) is 32.4 Å². The van der Waals surface area contributed by atoms with Gasteiger partial charge in [-0.2, -0.15) is 0 Å². The largest absolute Gasteiger partial charge is 0.388 e. The number of aliphatic hydroxyl groups is 1. The van der Waals surface area contributed by atoms with Crippen molar-refractivity contribution in [1.29, 1.82) is 0 Å². The minimum atomic E-state index is -0.410. The van der Waals surface area contributed by atoms with Gasteiger partial charge in [0.05, 0.1) is 11.2 Å². The topological polar surface area (TPSA) is 32.7 Å². The fraction of sp³-hybridized carbons (Fsp3) is 1.00. The Morgan fingerprint density at radius 1 is 1.00 bits per heavy atom. The third-order valence-corrected chi connectivity index (χ3v) is 6.45. The summed E-state index contributed by atoms with van der Waals surface area (Å²) in [5.41, 5.74) is -0.243. The van der Waals surface area contributed by atoms with Crippen LogP contribution in [0.25, 0.3) is 0 Å². The standard InChI is InChI=1S/C16H27NO2/c18-16(8-10-17-9-2-1-4-14(16)17)13-5-11-19-15(12-13)6-3-7-15/h13-14,18H,1-12H2. The third kappa shape index (κ3) is 1.89. The Hall–Kier alpha value is -0.120. The lowest BCUT2D eigenvalue weighted by atomic mass is 9.65. The Morgan fingerprint density at radius 2 is 1.89 bits per heavy atom. The van der Waals surface area contributed by atoms with E-state index < -0.39 is 5.60 Å². The molecule has 4 rings (SSSR count). The number of piperidine rings is 1. The molecule has 1 spiro atoms. The van der Waals surface area contributed by atoms with E-state index >= 15 is 0 Å². The van der Waals surface area contributed by atoms with Crippen LogP contribution in [0.15, 0.2) is 0 Å². The molecule has 3 atom stereocenters. The first-order valence-corrected chi connectivity index (χ1v) is 8.32. The summed E-state index contributed by atoms with van der Waals surface area (Å²) in [6, 6.07) is 0.446. The van der Waals surface area contributed by atoms with Crippen molar-refractivity contribution in [3.63, 3.8) is 0 Å². The van der Waals surface area contributed by atoms with E-state index in [0.29, 0.717) is 12.0 Å². The lowest BCUT2D eigenvalue weighted by molar-refractivity contribution is -0.181. The summed E-state index contributed by atoms with van der Waals surface area (Å²) in [4.78, 5) is 2.56. The lowest BCUT2D eigenvalue weighted by Gasteiger charge is -2.52. The first-order chi connectivity index (χ1) is 9.22. The molecule has 108 valence electrons. The highest BCUT2D eigenvalue weighted by molar-refractivity contribution is 5.08. The molecular weight excluding hydrogens is 238 g/mol. The molecule has 0 aromatic carbocycles. The fourth-order valence-corrected chi connectivity index (χ4v) is 5.16. The average Bonchev–Trinajstić information content (AvgIpc) is 2.77. The van der Waals surface area contributed by atoms with Crippen molar-refractivity contribution in [1.82, 2.24) is 4.90 Å². The molecule has 1 saturated carbocycles. The van der Waals surface area contributed by atoms with Crippen molar-refractivity contribution in [3.8, 4) is 0 Å². The number of nitrogens with zero attached hydrogens (tertiary/aromatic N) is 1. The summed E-state index contributed by atoms with van der Waals surface area (Å²) in [6.45, 7) is 3.20. The van der Waals surface area contributed by atoms with Crippen molar-refractivity contribution in [2.75, 3.05) is 19.7 Å². The summed E-state index contributed by atoms with van der Waals surface area (Å²) in [6.07, 6.45) is 10.8. The van der Waals surface area contributed by atoms with Gasteiger partial charge in [0.1, 0.15) is 0 Å². The van der Waals surface area contributed by atoms with Crippen LogP contribution in [0.5, 0.6) is 0 Å². The Balaban J connectivity index is 1.53. The highest BCUT2D eigenvalue weighted by atomic mass is 16.5. The van der Waals surface area contributed by atoms with Gasteiger partial charge in [-0.05, 0) is 63.8 Å². The average molecular weight is 265 g/mol. The van der Waals surface area contributed by atoms with E-state index in [-0.39, 0.29) is 5.60 Å². The lowest BCUT2D eigenvalue weighted by Crippen LogP contribution is -2.56. The van der Waals surface area contributed by atoms with Gasteiger partial charge in [-0.15, -0.1) is 0 Å². The van der Waals surface area contributed by atoms with Crippen LogP contribution in [0.2, 0.25) is 0 Å². The second kappa shape index (κ2) is 4.44. The van der Waals surface area contributed by atoms with Crippen LogP contribution in [-0.2, 0) is 4.74 Å². The molecular formula is C16H27NO2. The van der Waals surface area contributed by atoms with E-state index in [1.807, 2.05) is 0 Å². The van der Waals surface area contributed by atoms with E-state index in [1.165, 1.54) is 45.1 Å². The Labute approximate surface area is 116 Å². The molecule has 0 radical (unpaired) electrons. The highest BCUT2D eigenvalue weighted by Gasteiger charge is 2.55. The van der Waals surface area contributed by atoms with Crippen molar-refractivity contribution in [2.45, 2.75) is 75.0 Å². The maximum Gasteiger partial charge on any atom is 0.0844 e. The zero-order valence-electron chi connectivity index (χ0n) is 11.9. The normalized spacial score (nSPS) is 45.9.